The van der Waals surface area contributed by atoms with Crippen molar-refractivity contribution in [1.29, 1.82) is 0 Å². The molecule has 0 unspecified atom stereocenters. The van der Waals surface area contributed by atoms with Crippen molar-refractivity contribution < 1.29 is 19.4 Å². The Bertz CT molecular complexity index is 470. The number of urea groups is 1. The molecule has 1 aliphatic rings. The maximum absolute atomic E-state index is 12.0. The molecule has 0 radical (unpaired) electrons. The van der Waals surface area contributed by atoms with Crippen LogP contribution >= 0.6 is 0 Å². The lowest BCUT2D eigenvalue weighted by molar-refractivity contribution is 0.0691. The minimum Gasteiger partial charge on any atom is -0.476 e. The number of aromatic carboxylic acids is 1. The fourth-order valence-electron chi connectivity index (χ4n) is 1.82. The quantitative estimate of drug-likeness (QED) is 0.833. The second-order valence-electron chi connectivity index (χ2n) is 4.09. The number of aromatic nitrogens is 1. The maximum atomic E-state index is 12.0. The molecule has 2 amide bonds. The highest BCUT2D eigenvalue weighted by Crippen LogP contribution is 2.13. The average molecular weight is 265 g/mol. The first-order valence-electron chi connectivity index (χ1n) is 6.00. The van der Waals surface area contributed by atoms with E-state index in [0.29, 0.717) is 26.3 Å². The number of ether oxygens (including phenoxy) is 1. The first kappa shape index (κ1) is 13.3. The highest BCUT2D eigenvalue weighted by molar-refractivity contribution is 5.98. The van der Waals surface area contributed by atoms with E-state index >= 15 is 0 Å². The number of carboxylic acid groups (broad SMARTS) is 1. The largest absolute Gasteiger partial charge is 0.476 e. The summed E-state index contributed by atoms with van der Waals surface area (Å²) in [6, 6.07) is 2.76. The Hall–Kier alpha value is -2.15. The van der Waals surface area contributed by atoms with Gasteiger partial charge in [-0.15, -0.1) is 0 Å². The number of hydrogen-bond donors (Lipinski definition) is 2. The minimum atomic E-state index is -1.17. The van der Waals surface area contributed by atoms with E-state index in [9.17, 15) is 9.59 Å². The molecule has 0 aliphatic carbocycles. The smallest absolute Gasteiger partial charge is 0.356 e. The van der Waals surface area contributed by atoms with Gasteiger partial charge in [0.25, 0.3) is 0 Å². The zero-order valence-electron chi connectivity index (χ0n) is 10.3. The van der Waals surface area contributed by atoms with Gasteiger partial charge in [0, 0.05) is 25.9 Å². The van der Waals surface area contributed by atoms with Crippen LogP contribution in [0.3, 0.4) is 0 Å². The average Bonchev–Trinajstić information content (AvgIpc) is 2.68. The second-order valence-corrected chi connectivity index (χ2v) is 4.09. The van der Waals surface area contributed by atoms with E-state index in [0.717, 1.165) is 6.42 Å². The molecule has 1 aliphatic heterocycles. The normalized spacial score (nSPS) is 15.7. The topological polar surface area (TPSA) is 91.8 Å². The first-order chi connectivity index (χ1) is 9.18. The molecule has 1 fully saturated rings. The fraction of sp³-hybridized carbons (Fsp3) is 0.417. The molecule has 0 bridgehead atoms. The number of rotatable bonds is 2. The molecule has 0 saturated carbocycles. The van der Waals surface area contributed by atoms with Crippen LogP contribution in [0.1, 0.15) is 16.9 Å². The number of carbonyl (C=O) groups excluding carboxylic acids is 1. The maximum Gasteiger partial charge on any atom is 0.356 e. The van der Waals surface area contributed by atoms with Crippen LogP contribution in [0, 0.1) is 0 Å². The van der Waals surface area contributed by atoms with E-state index in [1.54, 1.807) is 11.0 Å². The second kappa shape index (κ2) is 6.14. The summed E-state index contributed by atoms with van der Waals surface area (Å²) in [6.07, 6.45) is 2.14. The lowest BCUT2D eigenvalue weighted by atomic mass is 10.3. The summed E-state index contributed by atoms with van der Waals surface area (Å²) in [5.74, 6) is -1.17. The molecule has 7 nitrogen and oxygen atoms in total. The molecular weight excluding hydrogens is 250 g/mol. The van der Waals surface area contributed by atoms with E-state index < -0.39 is 5.97 Å². The molecule has 19 heavy (non-hydrogen) atoms. The van der Waals surface area contributed by atoms with E-state index in [1.807, 2.05) is 0 Å². The number of nitrogens with one attached hydrogen (secondary N) is 1. The summed E-state index contributed by atoms with van der Waals surface area (Å²) in [6.45, 7) is 2.21. The number of pyridine rings is 1. The summed E-state index contributed by atoms with van der Waals surface area (Å²) < 4.78 is 5.26. The summed E-state index contributed by atoms with van der Waals surface area (Å²) in [7, 11) is 0. The Labute approximate surface area is 110 Å². The van der Waals surface area contributed by atoms with Crippen molar-refractivity contribution >= 4 is 17.7 Å². The Morgan fingerprint density at radius 1 is 1.37 bits per heavy atom. The number of hydrogen-bond acceptors (Lipinski definition) is 4. The van der Waals surface area contributed by atoms with Crippen LogP contribution < -0.4 is 5.32 Å². The van der Waals surface area contributed by atoms with Crippen LogP contribution in [0.5, 0.6) is 0 Å². The SMILES string of the molecule is O=C(O)c1ncccc1NC(=O)N1CCCOCC1. The van der Waals surface area contributed by atoms with Gasteiger partial charge < -0.3 is 20.1 Å². The molecule has 7 heteroatoms. The summed E-state index contributed by atoms with van der Waals surface area (Å²) in [5, 5.41) is 11.6. The molecule has 1 aromatic rings. The number of anilines is 1. The van der Waals surface area contributed by atoms with Crippen LogP contribution in [0.2, 0.25) is 0 Å². The van der Waals surface area contributed by atoms with Crippen molar-refractivity contribution in [2.45, 2.75) is 6.42 Å². The molecule has 2 N–H and O–H groups in total. The van der Waals surface area contributed by atoms with Crippen molar-refractivity contribution in [2.75, 3.05) is 31.6 Å². The molecule has 1 saturated heterocycles. The molecule has 102 valence electrons. The van der Waals surface area contributed by atoms with Crippen LogP contribution in [0.25, 0.3) is 0 Å². The third-order valence-corrected chi connectivity index (χ3v) is 2.76. The van der Waals surface area contributed by atoms with Gasteiger partial charge in [-0.05, 0) is 18.6 Å². The highest BCUT2D eigenvalue weighted by Gasteiger charge is 2.18. The van der Waals surface area contributed by atoms with Crippen LogP contribution in [0.4, 0.5) is 10.5 Å². The molecule has 0 spiro atoms. The molecule has 1 aromatic heterocycles. The third kappa shape index (κ3) is 3.41. The molecule has 2 heterocycles. The number of nitrogens with zero attached hydrogens (tertiary/aromatic N) is 2. The van der Waals surface area contributed by atoms with Gasteiger partial charge >= 0.3 is 12.0 Å². The van der Waals surface area contributed by atoms with Crippen molar-refractivity contribution in [1.82, 2.24) is 9.88 Å². The van der Waals surface area contributed by atoms with E-state index in [2.05, 4.69) is 10.3 Å². The van der Waals surface area contributed by atoms with Gasteiger partial charge in [-0.2, -0.15) is 0 Å². The minimum absolute atomic E-state index is 0.165. The van der Waals surface area contributed by atoms with E-state index in [4.69, 9.17) is 9.84 Å². The monoisotopic (exact) mass is 265 g/mol. The molecule has 0 atom stereocenters. The molecule has 2 rings (SSSR count). The van der Waals surface area contributed by atoms with Gasteiger partial charge in [0.1, 0.15) is 0 Å². The summed E-state index contributed by atoms with van der Waals surface area (Å²) in [4.78, 5) is 28.4. The Morgan fingerprint density at radius 2 is 2.21 bits per heavy atom. The van der Waals surface area contributed by atoms with Crippen molar-refractivity contribution in [3.05, 3.63) is 24.0 Å². The van der Waals surface area contributed by atoms with E-state index in [-0.39, 0.29) is 17.4 Å². The zero-order valence-corrected chi connectivity index (χ0v) is 10.3. The van der Waals surface area contributed by atoms with Crippen molar-refractivity contribution in [3.8, 4) is 0 Å². The Kier molecular flexibility index (Phi) is 4.30. The van der Waals surface area contributed by atoms with Crippen molar-refractivity contribution in [2.24, 2.45) is 0 Å². The lowest BCUT2D eigenvalue weighted by Crippen LogP contribution is -2.37. The lowest BCUT2D eigenvalue weighted by Gasteiger charge is -2.20. The van der Waals surface area contributed by atoms with Gasteiger partial charge in [0.05, 0.1) is 12.3 Å². The van der Waals surface area contributed by atoms with Gasteiger partial charge in [0.2, 0.25) is 0 Å². The number of amides is 2. The van der Waals surface area contributed by atoms with Crippen molar-refractivity contribution in [3.63, 3.8) is 0 Å². The number of carbonyl (C=O) groups is 2. The first-order valence-corrected chi connectivity index (χ1v) is 6.00. The van der Waals surface area contributed by atoms with Crippen LogP contribution in [0.15, 0.2) is 18.3 Å². The highest BCUT2D eigenvalue weighted by atomic mass is 16.5. The van der Waals surface area contributed by atoms with Gasteiger partial charge in [-0.1, -0.05) is 0 Å². The summed E-state index contributed by atoms with van der Waals surface area (Å²) >= 11 is 0. The van der Waals surface area contributed by atoms with Gasteiger partial charge in [-0.25, -0.2) is 14.6 Å². The predicted molar refractivity (Wildman–Crippen MR) is 67.2 cm³/mol. The third-order valence-electron chi connectivity index (χ3n) is 2.76. The predicted octanol–water partition coefficient (Wildman–Crippen LogP) is 1.03. The van der Waals surface area contributed by atoms with Crippen LogP contribution in [-0.2, 0) is 4.74 Å². The fourth-order valence-corrected chi connectivity index (χ4v) is 1.82. The Morgan fingerprint density at radius 3 is 3.00 bits per heavy atom. The molecule has 0 aromatic carbocycles. The van der Waals surface area contributed by atoms with Gasteiger partial charge in [-0.3, -0.25) is 0 Å². The summed E-state index contributed by atoms with van der Waals surface area (Å²) in [5.41, 5.74) is 0.0343. The van der Waals surface area contributed by atoms with Gasteiger partial charge in [0.15, 0.2) is 5.69 Å². The zero-order chi connectivity index (χ0) is 13.7. The Balaban J connectivity index is 2.07. The number of carboxylic acids is 1. The molecular formula is C12H15N3O4. The van der Waals surface area contributed by atoms with Crippen LogP contribution in [-0.4, -0.2) is 53.3 Å². The standard InChI is InChI=1S/C12H15N3O4/c16-11(17)10-9(3-1-4-13-10)14-12(18)15-5-2-7-19-8-6-15/h1,3-4H,2,5-8H2,(H,14,18)(H,16,17). The van der Waals surface area contributed by atoms with E-state index in [1.165, 1.54) is 12.3 Å².